The number of alkyl halides is 3. The van der Waals surface area contributed by atoms with Crippen LogP contribution in [-0.4, -0.2) is 38.9 Å². The molecule has 7 rings (SSSR count). The van der Waals surface area contributed by atoms with Crippen molar-refractivity contribution in [2.24, 2.45) is 0 Å². The number of carbonyl (C=O) groups excluding carboxylic acids is 2. The van der Waals surface area contributed by atoms with Crippen LogP contribution in [0.25, 0.3) is 16.7 Å². The van der Waals surface area contributed by atoms with E-state index >= 15 is 0 Å². The number of tetrazole rings is 1. The minimum absolute atomic E-state index is 0.0466. The second-order valence-corrected chi connectivity index (χ2v) is 12.1. The average molecular weight is 680 g/mol. The highest BCUT2D eigenvalue weighted by atomic mass is 19.4. The molecule has 13 heteroatoms. The van der Waals surface area contributed by atoms with Crippen molar-refractivity contribution >= 4 is 29.1 Å². The molecule has 1 aromatic heterocycles. The molecule has 1 atom stereocenters. The van der Waals surface area contributed by atoms with Gasteiger partial charge in [-0.15, -0.1) is 18.3 Å². The number of nitrogens with one attached hydrogen (secondary N) is 3. The standard InChI is InChI=1S/C37H32F3N7O3/c38-37(39,40)50-32-12-6-9-27-21-31(29-10-4-5-11-30(29)33(27)32)41-36(49)47(28-19-17-25(18-20-28)24-7-2-1-3-8-24)22-23-13-15-26(16-14-23)34(48)42-35-43-45-46-44-35/h4-7,9-20,31H,1-3,8,21-22H2,(H,41,49)(H2,42,43,44,45,46,48). The van der Waals surface area contributed by atoms with Gasteiger partial charge < -0.3 is 10.1 Å². The number of amides is 3. The number of urea groups is 1. The number of H-pyrrole nitrogens is 1. The Morgan fingerprint density at radius 2 is 1.74 bits per heavy atom. The number of halogens is 3. The van der Waals surface area contributed by atoms with Gasteiger partial charge in [-0.3, -0.25) is 15.0 Å². The highest BCUT2D eigenvalue weighted by Gasteiger charge is 2.35. The Labute approximate surface area is 285 Å². The predicted molar refractivity (Wildman–Crippen MR) is 181 cm³/mol. The van der Waals surface area contributed by atoms with E-state index in [0.717, 1.165) is 30.4 Å². The van der Waals surface area contributed by atoms with Crippen LogP contribution in [0.15, 0.2) is 97.1 Å². The number of rotatable bonds is 8. The van der Waals surface area contributed by atoms with Crippen LogP contribution < -0.4 is 20.3 Å². The predicted octanol–water partition coefficient (Wildman–Crippen LogP) is 7.99. The summed E-state index contributed by atoms with van der Waals surface area (Å²) in [5.74, 6) is -0.651. The normalized spacial score (nSPS) is 15.3. The molecule has 0 bridgehead atoms. The molecule has 0 spiro atoms. The van der Waals surface area contributed by atoms with E-state index in [1.165, 1.54) is 24.1 Å². The number of ether oxygens (including phenoxy) is 1. The van der Waals surface area contributed by atoms with Gasteiger partial charge in [-0.25, -0.2) is 4.79 Å². The number of anilines is 2. The summed E-state index contributed by atoms with van der Waals surface area (Å²) in [6.07, 6.45) is 2.05. The highest BCUT2D eigenvalue weighted by molar-refractivity contribution is 6.03. The van der Waals surface area contributed by atoms with Crippen LogP contribution >= 0.6 is 0 Å². The zero-order chi connectivity index (χ0) is 34.7. The van der Waals surface area contributed by atoms with Crippen molar-refractivity contribution in [2.75, 3.05) is 10.2 Å². The SMILES string of the molecule is O=C(Nc1nn[nH]n1)c1ccc(CN(C(=O)NC2Cc3cccc(OC(F)(F)F)c3-c3ccccc32)c2ccc(C3=CCCCC3)cc2)cc1. The fourth-order valence-corrected chi connectivity index (χ4v) is 6.54. The average Bonchev–Trinajstić information content (AvgIpc) is 3.64. The van der Waals surface area contributed by atoms with Gasteiger partial charge in [0.05, 0.1) is 12.6 Å². The minimum atomic E-state index is -4.85. The Morgan fingerprint density at radius 3 is 2.46 bits per heavy atom. The van der Waals surface area contributed by atoms with E-state index in [1.807, 2.05) is 30.3 Å². The monoisotopic (exact) mass is 679 g/mol. The van der Waals surface area contributed by atoms with E-state index in [4.69, 9.17) is 0 Å². The van der Waals surface area contributed by atoms with Crippen molar-refractivity contribution in [1.29, 1.82) is 0 Å². The molecule has 0 fully saturated rings. The quantitative estimate of drug-likeness (QED) is 0.153. The molecule has 0 aliphatic heterocycles. The van der Waals surface area contributed by atoms with Gasteiger partial charge in [0.1, 0.15) is 5.75 Å². The first-order chi connectivity index (χ1) is 24.2. The number of aromatic amines is 1. The van der Waals surface area contributed by atoms with Crippen LogP contribution in [0.2, 0.25) is 0 Å². The van der Waals surface area contributed by atoms with Gasteiger partial charge >= 0.3 is 12.4 Å². The van der Waals surface area contributed by atoms with Gasteiger partial charge in [0.25, 0.3) is 11.9 Å². The Hall–Kier alpha value is -5.98. The number of aromatic nitrogens is 4. The molecule has 5 aromatic rings. The molecule has 2 aliphatic carbocycles. The first-order valence-electron chi connectivity index (χ1n) is 16.2. The smallest absolute Gasteiger partial charge is 0.405 e. The molecule has 2 aliphatic rings. The number of hydrogen-bond donors (Lipinski definition) is 3. The highest BCUT2D eigenvalue weighted by Crippen LogP contribution is 2.45. The van der Waals surface area contributed by atoms with Gasteiger partial charge in [0.2, 0.25) is 0 Å². The zero-order valence-electron chi connectivity index (χ0n) is 26.7. The summed E-state index contributed by atoms with van der Waals surface area (Å²) >= 11 is 0. The fraction of sp³-hybridized carbons (Fsp3) is 0.216. The fourth-order valence-electron chi connectivity index (χ4n) is 6.54. The van der Waals surface area contributed by atoms with Crippen molar-refractivity contribution in [1.82, 2.24) is 25.9 Å². The molecule has 10 nitrogen and oxygen atoms in total. The molecule has 3 amide bonds. The maximum Gasteiger partial charge on any atom is 0.573 e. The molecule has 50 heavy (non-hydrogen) atoms. The summed E-state index contributed by atoms with van der Waals surface area (Å²) in [7, 11) is 0. The Bertz CT molecular complexity index is 2030. The molecule has 4 aromatic carbocycles. The number of nitrogens with zero attached hydrogens (tertiary/aromatic N) is 4. The molecule has 0 radical (unpaired) electrons. The maximum absolute atomic E-state index is 14.3. The first-order valence-corrected chi connectivity index (χ1v) is 16.2. The molecule has 3 N–H and O–H groups in total. The molecular weight excluding hydrogens is 647 g/mol. The lowest BCUT2D eigenvalue weighted by Gasteiger charge is -2.32. The summed E-state index contributed by atoms with van der Waals surface area (Å²) < 4.78 is 44.4. The number of allylic oxidation sites excluding steroid dienone is 2. The van der Waals surface area contributed by atoms with Crippen molar-refractivity contribution < 1.29 is 27.5 Å². The number of fused-ring (bicyclic) bond motifs is 3. The first kappa shape index (κ1) is 32.6. The van der Waals surface area contributed by atoms with E-state index in [0.29, 0.717) is 33.5 Å². The third-order valence-electron chi connectivity index (χ3n) is 8.88. The van der Waals surface area contributed by atoms with Crippen molar-refractivity contribution in [2.45, 2.75) is 51.1 Å². The van der Waals surface area contributed by atoms with Gasteiger partial charge in [0.15, 0.2) is 0 Å². The van der Waals surface area contributed by atoms with Gasteiger partial charge in [-0.2, -0.15) is 5.21 Å². The number of benzene rings is 4. The third-order valence-corrected chi connectivity index (χ3v) is 8.88. The molecule has 0 saturated heterocycles. The van der Waals surface area contributed by atoms with Crippen LogP contribution in [0.3, 0.4) is 0 Å². The summed E-state index contributed by atoms with van der Waals surface area (Å²) in [4.78, 5) is 28.6. The van der Waals surface area contributed by atoms with Crippen molar-refractivity contribution in [3.05, 3.63) is 125 Å². The molecule has 0 saturated carbocycles. The lowest BCUT2D eigenvalue weighted by molar-refractivity contribution is -0.274. The number of carbonyl (C=O) groups is 2. The Morgan fingerprint density at radius 1 is 0.940 bits per heavy atom. The Balaban J connectivity index is 1.17. The minimum Gasteiger partial charge on any atom is -0.405 e. The molecule has 1 unspecified atom stereocenters. The lowest BCUT2D eigenvalue weighted by Crippen LogP contribution is -2.42. The van der Waals surface area contributed by atoms with Crippen LogP contribution in [0.1, 0.15) is 64.3 Å². The van der Waals surface area contributed by atoms with Crippen LogP contribution in [0.4, 0.5) is 29.6 Å². The van der Waals surface area contributed by atoms with Gasteiger partial charge in [0, 0.05) is 16.8 Å². The largest absolute Gasteiger partial charge is 0.573 e. The summed E-state index contributed by atoms with van der Waals surface area (Å²) in [6, 6.07) is 25.4. The van der Waals surface area contributed by atoms with E-state index < -0.39 is 18.3 Å². The van der Waals surface area contributed by atoms with Crippen LogP contribution in [0.5, 0.6) is 5.75 Å². The lowest BCUT2D eigenvalue weighted by atomic mass is 9.82. The molecular formula is C37H32F3N7O3. The summed E-state index contributed by atoms with van der Waals surface area (Å²) in [6.45, 7) is 0.176. The second-order valence-electron chi connectivity index (χ2n) is 12.1. The van der Waals surface area contributed by atoms with Crippen molar-refractivity contribution in [3.8, 4) is 16.9 Å². The van der Waals surface area contributed by atoms with E-state index in [-0.39, 0.29) is 30.7 Å². The van der Waals surface area contributed by atoms with Crippen LogP contribution in [-0.2, 0) is 13.0 Å². The van der Waals surface area contributed by atoms with Crippen LogP contribution in [0, 0.1) is 0 Å². The summed E-state index contributed by atoms with van der Waals surface area (Å²) in [5.41, 5.74) is 6.42. The van der Waals surface area contributed by atoms with Gasteiger partial charge in [-0.1, -0.05) is 71.8 Å². The second kappa shape index (κ2) is 13.9. The molecule has 1 heterocycles. The topological polar surface area (TPSA) is 125 Å². The molecule has 254 valence electrons. The number of hydrogen-bond acceptors (Lipinski definition) is 6. The van der Waals surface area contributed by atoms with E-state index in [9.17, 15) is 22.8 Å². The summed E-state index contributed by atoms with van der Waals surface area (Å²) in [5, 5.41) is 18.9. The zero-order valence-corrected chi connectivity index (χ0v) is 26.7. The third kappa shape index (κ3) is 7.21. The van der Waals surface area contributed by atoms with E-state index in [1.54, 1.807) is 53.4 Å². The Kier molecular flexibility index (Phi) is 9.03. The maximum atomic E-state index is 14.3. The van der Waals surface area contributed by atoms with Crippen molar-refractivity contribution in [3.63, 3.8) is 0 Å². The van der Waals surface area contributed by atoms with Gasteiger partial charge in [-0.05, 0) is 101 Å². The van der Waals surface area contributed by atoms with E-state index in [2.05, 4.69) is 42.1 Å².